The molecule has 2 aromatic rings. The maximum absolute atomic E-state index is 5.38. The summed E-state index contributed by atoms with van der Waals surface area (Å²) in [7, 11) is 0. The van der Waals surface area contributed by atoms with Gasteiger partial charge in [-0.1, -0.05) is 24.3 Å². The van der Waals surface area contributed by atoms with E-state index >= 15 is 0 Å². The molecule has 0 saturated heterocycles. The van der Waals surface area contributed by atoms with Crippen molar-refractivity contribution in [1.29, 1.82) is 0 Å². The van der Waals surface area contributed by atoms with Gasteiger partial charge in [-0.05, 0) is 30.9 Å². The van der Waals surface area contributed by atoms with Gasteiger partial charge in [0.15, 0.2) is 0 Å². The van der Waals surface area contributed by atoms with E-state index in [1.807, 2.05) is 19.3 Å². The van der Waals surface area contributed by atoms with Crippen molar-refractivity contribution >= 4 is 5.95 Å². The van der Waals surface area contributed by atoms with E-state index in [1.54, 1.807) is 0 Å². The van der Waals surface area contributed by atoms with Crippen molar-refractivity contribution in [2.24, 2.45) is 0 Å². The van der Waals surface area contributed by atoms with Gasteiger partial charge in [0.05, 0.1) is 0 Å². The Morgan fingerprint density at radius 3 is 3.14 bits per heavy atom. The van der Waals surface area contributed by atoms with E-state index in [0.717, 1.165) is 38.7 Å². The lowest BCUT2D eigenvalue weighted by molar-refractivity contribution is 0.142. The zero-order valence-corrected chi connectivity index (χ0v) is 12.6. The van der Waals surface area contributed by atoms with Gasteiger partial charge in [-0.2, -0.15) is 0 Å². The highest BCUT2D eigenvalue weighted by molar-refractivity contribution is 5.41. The van der Waals surface area contributed by atoms with Crippen molar-refractivity contribution in [2.75, 3.05) is 25.1 Å². The Kier molecular flexibility index (Phi) is 4.55. The van der Waals surface area contributed by atoms with E-state index in [4.69, 9.17) is 4.74 Å². The molecule has 0 fully saturated rings. The first kappa shape index (κ1) is 14.1. The monoisotopic (exact) mass is 285 g/mol. The molecule has 112 valence electrons. The number of anilines is 1. The van der Waals surface area contributed by atoms with Gasteiger partial charge in [0.25, 0.3) is 0 Å². The van der Waals surface area contributed by atoms with Crippen molar-refractivity contribution in [3.05, 3.63) is 47.8 Å². The highest BCUT2D eigenvalue weighted by atomic mass is 16.5. The topological polar surface area (TPSA) is 39.1 Å². The SMILES string of the molecule is CCOCCCn1ccnc1NCC1Cc2ccccc21. The largest absolute Gasteiger partial charge is 0.382 e. The molecule has 1 atom stereocenters. The minimum Gasteiger partial charge on any atom is -0.382 e. The van der Waals surface area contributed by atoms with Crippen LogP contribution >= 0.6 is 0 Å². The highest BCUT2D eigenvalue weighted by Crippen LogP contribution is 2.34. The minimum atomic E-state index is 0.620. The second kappa shape index (κ2) is 6.76. The number of hydrogen-bond acceptors (Lipinski definition) is 3. The summed E-state index contributed by atoms with van der Waals surface area (Å²) in [5, 5.41) is 3.49. The molecule has 0 radical (unpaired) electrons. The van der Waals surface area contributed by atoms with Crippen LogP contribution in [0.15, 0.2) is 36.7 Å². The second-order valence-corrected chi connectivity index (χ2v) is 5.48. The fourth-order valence-electron chi connectivity index (χ4n) is 2.90. The van der Waals surface area contributed by atoms with E-state index in [1.165, 1.54) is 17.5 Å². The Hall–Kier alpha value is -1.81. The van der Waals surface area contributed by atoms with Gasteiger partial charge < -0.3 is 14.6 Å². The standard InChI is InChI=1S/C17H23N3O/c1-2-21-11-5-9-20-10-8-18-17(20)19-13-15-12-14-6-3-4-7-16(14)15/h3-4,6-8,10,15H,2,5,9,11-13H2,1H3,(H,18,19). The number of aryl methyl sites for hydroxylation is 1. The van der Waals surface area contributed by atoms with Crippen LogP contribution in [0.1, 0.15) is 30.4 Å². The highest BCUT2D eigenvalue weighted by Gasteiger charge is 2.25. The fraction of sp³-hybridized carbons (Fsp3) is 0.471. The molecule has 1 aromatic heterocycles. The number of nitrogens with one attached hydrogen (secondary N) is 1. The summed E-state index contributed by atoms with van der Waals surface area (Å²) in [6.45, 7) is 5.53. The molecular formula is C17H23N3O. The normalized spacial score (nSPS) is 16.3. The first-order valence-electron chi connectivity index (χ1n) is 7.79. The van der Waals surface area contributed by atoms with Crippen molar-refractivity contribution in [3.8, 4) is 0 Å². The van der Waals surface area contributed by atoms with Crippen LogP contribution in [0.4, 0.5) is 5.95 Å². The third-order valence-electron chi connectivity index (χ3n) is 4.08. The lowest BCUT2D eigenvalue weighted by atomic mass is 9.78. The van der Waals surface area contributed by atoms with Gasteiger partial charge in [0.1, 0.15) is 0 Å². The van der Waals surface area contributed by atoms with E-state index in [0.29, 0.717) is 5.92 Å². The summed E-state index contributed by atoms with van der Waals surface area (Å²) in [6.07, 6.45) is 6.08. The summed E-state index contributed by atoms with van der Waals surface area (Å²) in [5.74, 6) is 1.59. The van der Waals surface area contributed by atoms with Gasteiger partial charge in [-0.25, -0.2) is 4.98 Å². The number of rotatable bonds is 8. The summed E-state index contributed by atoms with van der Waals surface area (Å²) >= 11 is 0. The molecule has 1 aliphatic rings. The third kappa shape index (κ3) is 3.27. The molecule has 3 rings (SSSR count). The van der Waals surface area contributed by atoms with Gasteiger partial charge in [-0.3, -0.25) is 0 Å². The van der Waals surface area contributed by atoms with Gasteiger partial charge >= 0.3 is 0 Å². The van der Waals surface area contributed by atoms with E-state index in [9.17, 15) is 0 Å². The van der Waals surface area contributed by atoms with Gasteiger partial charge in [-0.15, -0.1) is 0 Å². The minimum absolute atomic E-state index is 0.620. The van der Waals surface area contributed by atoms with E-state index in [2.05, 4.69) is 39.1 Å². The summed E-state index contributed by atoms with van der Waals surface area (Å²) in [5.41, 5.74) is 2.98. The molecule has 0 spiro atoms. The molecule has 4 nitrogen and oxygen atoms in total. The Morgan fingerprint density at radius 2 is 2.29 bits per heavy atom. The molecule has 21 heavy (non-hydrogen) atoms. The van der Waals surface area contributed by atoms with Crippen molar-refractivity contribution < 1.29 is 4.74 Å². The number of benzene rings is 1. The lowest BCUT2D eigenvalue weighted by Crippen LogP contribution is -2.25. The van der Waals surface area contributed by atoms with Crippen molar-refractivity contribution in [1.82, 2.24) is 9.55 Å². The second-order valence-electron chi connectivity index (χ2n) is 5.48. The van der Waals surface area contributed by atoms with Crippen LogP contribution in [0, 0.1) is 0 Å². The lowest BCUT2D eigenvalue weighted by Gasteiger charge is -2.30. The van der Waals surface area contributed by atoms with Crippen LogP contribution in [0.2, 0.25) is 0 Å². The zero-order chi connectivity index (χ0) is 14.5. The Bertz CT molecular complexity index is 579. The summed E-state index contributed by atoms with van der Waals surface area (Å²) in [4.78, 5) is 4.41. The molecule has 1 unspecified atom stereocenters. The molecule has 0 amide bonds. The quantitative estimate of drug-likeness (QED) is 0.758. The van der Waals surface area contributed by atoms with Crippen LogP contribution in [0.3, 0.4) is 0 Å². The Balaban J connectivity index is 1.49. The molecule has 0 aliphatic heterocycles. The number of ether oxygens (including phenoxy) is 1. The zero-order valence-electron chi connectivity index (χ0n) is 12.6. The molecular weight excluding hydrogens is 262 g/mol. The first-order valence-corrected chi connectivity index (χ1v) is 7.79. The molecule has 1 aromatic carbocycles. The Labute approximate surface area is 126 Å². The number of aromatic nitrogens is 2. The number of imidazole rings is 1. The molecule has 0 bridgehead atoms. The van der Waals surface area contributed by atoms with E-state index < -0.39 is 0 Å². The van der Waals surface area contributed by atoms with Crippen LogP contribution in [0.5, 0.6) is 0 Å². The van der Waals surface area contributed by atoms with Crippen LogP contribution in [-0.4, -0.2) is 29.3 Å². The molecule has 1 aliphatic carbocycles. The maximum atomic E-state index is 5.38. The number of fused-ring (bicyclic) bond motifs is 1. The van der Waals surface area contributed by atoms with Gasteiger partial charge in [0, 0.05) is 44.6 Å². The predicted molar refractivity (Wildman–Crippen MR) is 84.7 cm³/mol. The van der Waals surface area contributed by atoms with Crippen molar-refractivity contribution in [3.63, 3.8) is 0 Å². The average molecular weight is 285 g/mol. The third-order valence-corrected chi connectivity index (χ3v) is 4.08. The summed E-state index contributed by atoms with van der Waals surface area (Å²) < 4.78 is 7.55. The fourth-order valence-corrected chi connectivity index (χ4v) is 2.90. The Morgan fingerprint density at radius 1 is 1.38 bits per heavy atom. The average Bonchev–Trinajstić information content (AvgIpc) is 2.92. The van der Waals surface area contributed by atoms with Gasteiger partial charge in [0.2, 0.25) is 5.95 Å². The number of hydrogen-bond donors (Lipinski definition) is 1. The first-order chi connectivity index (χ1) is 10.4. The smallest absolute Gasteiger partial charge is 0.202 e. The molecule has 1 N–H and O–H groups in total. The number of nitrogens with zero attached hydrogens (tertiary/aromatic N) is 2. The van der Waals surface area contributed by atoms with E-state index in [-0.39, 0.29) is 0 Å². The molecule has 0 saturated carbocycles. The van der Waals surface area contributed by atoms with Crippen LogP contribution < -0.4 is 5.32 Å². The predicted octanol–water partition coefficient (Wildman–Crippen LogP) is 3.06. The van der Waals surface area contributed by atoms with Crippen LogP contribution in [0.25, 0.3) is 0 Å². The van der Waals surface area contributed by atoms with Crippen molar-refractivity contribution in [2.45, 2.75) is 32.2 Å². The molecule has 4 heteroatoms. The van der Waals surface area contributed by atoms with Crippen LogP contribution in [-0.2, 0) is 17.7 Å². The summed E-state index contributed by atoms with van der Waals surface area (Å²) in [6, 6.07) is 8.70. The molecule has 1 heterocycles. The maximum Gasteiger partial charge on any atom is 0.202 e.